The predicted octanol–water partition coefficient (Wildman–Crippen LogP) is 3.21. The Morgan fingerprint density at radius 2 is 1.74 bits per heavy atom. The van der Waals surface area contributed by atoms with Crippen LogP contribution in [0.1, 0.15) is 25.7 Å². The lowest BCUT2D eigenvalue weighted by atomic mass is 9.66. The van der Waals surface area contributed by atoms with Crippen molar-refractivity contribution in [2.45, 2.75) is 37.9 Å². The molecule has 0 amide bonds. The Kier molecular flexibility index (Phi) is 5.43. The fourth-order valence-electron chi connectivity index (χ4n) is 4.60. The number of nitrogens with one attached hydrogen (secondary N) is 1. The number of nitrogens with zero attached hydrogens (tertiary/aromatic N) is 3. The molecule has 2 aliphatic rings. The lowest BCUT2D eigenvalue weighted by Crippen LogP contribution is -2.54. The number of hydrogen-bond donors (Lipinski definition) is 3. The maximum Gasteiger partial charge on any atom is 0.321 e. The van der Waals surface area contributed by atoms with E-state index in [0.29, 0.717) is 48.4 Å². The van der Waals surface area contributed by atoms with Crippen molar-refractivity contribution in [2.75, 3.05) is 18.0 Å². The summed E-state index contributed by atoms with van der Waals surface area (Å²) in [6, 6.07) is 5.81. The van der Waals surface area contributed by atoms with Gasteiger partial charge in [0, 0.05) is 49.8 Å². The monoisotopic (exact) mass is 472 g/mol. The third-order valence-electron chi connectivity index (χ3n) is 6.67. The van der Waals surface area contributed by atoms with Crippen molar-refractivity contribution in [3.63, 3.8) is 0 Å². The summed E-state index contributed by atoms with van der Waals surface area (Å²) in [6.45, 7) is 1.38. The highest BCUT2D eigenvalue weighted by Crippen LogP contribution is 2.44. The van der Waals surface area contributed by atoms with Gasteiger partial charge in [0.05, 0.1) is 23.2 Å². The number of carboxylic acids is 2. The van der Waals surface area contributed by atoms with Crippen LogP contribution < -0.4 is 4.90 Å². The number of pyridine rings is 1. The van der Waals surface area contributed by atoms with Crippen molar-refractivity contribution < 1.29 is 33.3 Å². The van der Waals surface area contributed by atoms with Gasteiger partial charge in [-0.1, -0.05) is 0 Å². The first-order chi connectivity index (χ1) is 16.2. The van der Waals surface area contributed by atoms with E-state index in [4.69, 9.17) is 4.74 Å². The van der Waals surface area contributed by atoms with Crippen molar-refractivity contribution in [2.24, 2.45) is 5.41 Å². The van der Waals surface area contributed by atoms with Crippen LogP contribution in [0.25, 0.3) is 22.4 Å². The van der Waals surface area contributed by atoms with Crippen LogP contribution in [0.3, 0.4) is 0 Å². The first kappa shape index (κ1) is 22.2. The molecular weight excluding hydrogens is 450 g/mol. The summed E-state index contributed by atoms with van der Waals surface area (Å²) in [7, 11) is 0. The molecule has 3 heterocycles. The van der Waals surface area contributed by atoms with Crippen molar-refractivity contribution in [3.05, 3.63) is 42.1 Å². The minimum atomic E-state index is -1.72. The smallest absolute Gasteiger partial charge is 0.321 e. The van der Waals surface area contributed by atoms with Crippen LogP contribution in [0.2, 0.25) is 0 Å². The molecule has 178 valence electrons. The van der Waals surface area contributed by atoms with Crippen LogP contribution in [-0.2, 0) is 14.3 Å². The summed E-state index contributed by atoms with van der Waals surface area (Å²) in [4.78, 5) is 36.4. The minimum absolute atomic E-state index is 0.0119. The van der Waals surface area contributed by atoms with Gasteiger partial charge in [0.1, 0.15) is 11.6 Å². The molecule has 0 radical (unpaired) electrons. The van der Waals surface area contributed by atoms with Gasteiger partial charge in [-0.3, -0.25) is 9.59 Å². The Morgan fingerprint density at radius 1 is 1.06 bits per heavy atom. The summed E-state index contributed by atoms with van der Waals surface area (Å²) in [5.41, 5.74) is -0.311. The molecule has 0 bridgehead atoms. The number of rotatable bonds is 6. The van der Waals surface area contributed by atoms with Gasteiger partial charge >= 0.3 is 11.9 Å². The van der Waals surface area contributed by atoms with Crippen LogP contribution in [-0.4, -0.2) is 62.4 Å². The number of halogens is 2. The molecule has 1 aromatic carbocycles. The molecule has 0 spiro atoms. The molecule has 2 aromatic heterocycles. The summed E-state index contributed by atoms with van der Waals surface area (Å²) < 4.78 is 32.8. The van der Waals surface area contributed by atoms with Crippen LogP contribution in [0.5, 0.6) is 0 Å². The highest BCUT2D eigenvalue weighted by Gasteiger charge is 2.57. The molecule has 0 unspecified atom stereocenters. The molecule has 3 N–H and O–H groups in total. The predicted molar refractivity (Wildman–Crippen MR) is 116 cm³/mol. The average molecular weight is 472 g/mol. The lowest BCUT2D eigenvalue weighted by molar-refractivity contribution is -0.189. The van der Waals surface area contributed by atoms with E-state index in [1.54, 1.807) is 6.20 Å². The highest BCUT2D eigenvalue weighted by molar-refractivity contribution is 5.99. The average Bonchev–Trinajstić information content (AvgIpc) is 3.19. The molecule has 1 saturated heterocycles. The lowest BCUT2D eigenvalue weighted by Gasteiger charge is -2.43. The SMILES string of the molecule is O=C(O)C1(C(=O)O)CC(OC2CCN(c3ccc(-c4nc5cc(F)c(F)cc5[nH]4)cn3)CC2)C1. The number of piperidine rings is 1. The number of H-pyrrole nitrogens is 1. The molecule has 34 heavy (non-hydrogen) atoms. The van der Waals surface area contributed by atoms with Gasteiger partial charge in [-0.15, -0.1) is 0 Å². The number of aliphatic carboxylic acids is 2. The molecule has 5 rings (SSSR count). The Bertz CT molecular complexity index is 1190. The Hall–Kier alpha value is -3.60. The zero-order valence-corrected chi connectivity index (χ0v) is 18.0. The maximum atomic E-state index is 13.4. The quantitative estimate of drug-likeness (QED) is 0.467. The topological polar surface area (TPSA) is 129 Å². The van der Waals surface area contributed by atoms with Crippen LogP contribution in [0.15, 0.2) is 30.5 Å². The standard InChI is InChI=1S/C23H22F2N4O5/c24-15-7-17-18(8-16(15)25)28-20(27-17)12-1-2-19(26-11-12)29-5-3-13(4-6-29)34-14-9-23(10-14,21(30)31)22(32)33/h1-2,7-8,11,13-14H,3-6,9-10H2,(H,27,28)(H,30,31)(H,32,33). The summed E-state index contributed by atoms with van der Waals surface area (Å²) in [5.74, 6) is -3.28. The Balaban J connectivity index is 1.17. The number of ether oxygens (including phenoxy) is 1. The summed E-state index contributed by atoms with van der Waals surface area (Å²) in [6.07, 6.45) is 2.64. The van der Waals surface area contributed by atoms with Crippen LogP contribution in [0.4, 0.5) is 14.6 Å². The number of fused-ring (bicyclic) bond motifs is 1. The number of carboxylic acid groups (broad SMARTS) is 2. The maximum absolute atomic E-state index is 13.4. The number of aromatic amines is 1. The molecule has 0 atom stereocenters. The third-order valence-corrected chi connectivity index (χ3v) is 6.67. The number of benzene rings is 1. The first-order valence-electron chi connectivity index (χ1n) is 10.9. The normalized spacial score (nSPS) is 18.7. The molecule has 1 aliphatic carbocycles. The van der Waals surface area contributed by atoms with E-state index in [2.05, 4.69) is 19.9 Å². The van der Waals surface area contributed by atoms with Crippen molar-refractivity contribution >= 4 is 28.8 Å². The molecule has 11 heteroatoms. The van der Waals surface area contributed by atoms with E-state index in [9.17, 15) is 28.6 Å². The molecular formula is C23H22F2N4O5. The van der Waals surface area contributed by atoms with Crippen molar-refractivity contribution in [1.82, 2.24) is 15.0 Å². The van der Waals surface area contributed by atoms with E-state index in [1.165, 1.54) is 0 Å². The molecule has 9 nitrogen and oxygen atoms in total. The van der Waals surface area contributed by atoms with E-state index >= 15 is 0 Å². The molecule has 3 aromatic rings. The van der Waals surface area contributed by atoms with E-state index < -0.39 is 29.0 Å². The Morgan fingerprint density at radius 3 is 2.35 bits per heavy atom. The fourth-order valence-corrected chi connectivity index (χ4v) is 4.60. The van der Waals surface area contributed by atoms with Crippen molar-refractivity contribution in [1.29, 1.82) is 0 Å². The zero-order valence-electron chi connectivity index (χ0n) is 18.0. The van der Waals surface area contributed by atoms with Gasteiger partial charge in [0.25, 0.3) is 0 Å². The van der Waals surface area contributed by atoms with E-state index in [1.807, 2.05) is 12.1 Å². The fraction of sp³-hybridized carbons (Fsp3) is 0.391. The summed E-state index contributed by atoms with van der Waals surface area (Å²) >= 11 is 0. The van der Waals surface area contributed by atoms with Crippen LogP contribution >= 0.6 is 0 Å². The number of anilines is 1. The van der Waals surface area contributed by atoms with Crippen molar-refractivity contribution in [3.8, 4) is 11.4 Å². The second-order valence-electron chi connectivity index (χ2n) is 8.82. The van der Waals surface area contributed by atoms with E-state index in [-0.39, 0.29) is 25.0 Å². The molecule has 1 saturated carbocycles. The first-order valence-corrected chi connectivity index (χ1v) is 10.9. The number of hydrogen-bond acceptors (Lipinski definition) is 6. The van der Waals surface area contributed by atoms with Gasteiger partial charge in [-0.2, -0.15) is 0 Å². The second kappa shape index (κ2) is 8.32. The third kappa shape index (κ3) is 3.85. The number of carbonyl (C=O) groups is 2. The van der Waals surface area contributed by atoms with Crippen LogP contribution in [0, 0.1) is 17.0 Å². The largest absolute Gasteiger partial charge is 0.480 e. The second-order valence-corrected chi connectivity index (χ2v) is 8.82. The van der Waals surface area contributed by atoms with Gasteiger partial charge in [-0.05, 0) is 25.0 Å². The zero-order chi connectivity index (χ0) is 24.0. The molecule has 2 fully saturated rings. The van der Waals surface area contributed by atoms with Gasteiger partial charge in [-0.25, -0.2) is 18.7 Å². The van der Waals surface area contributed by atoms with Gasteiger partial charge < -0.3 is 24.8 Å². The molecule has 1 aliphatic heterocycles. The number of imidazole rings is 1. The minimum Gasteiger partial charge on any atom is -0.480 e. The Labute approximate surface area is 192 Å². The number of aromatic nitrogens is 3. The van der Waals surface area contributed by atoms with E-state index in [0.717, 1.165) is 18.0 Å². The van der Waals surface area contributed by atoms with Gasteiger partial charge in [0.2, 0.25) is 0 Å². The summed E-state index contributed by atoms with van der Waals surface area (Å²) in [5, 5.41) is 18.4. The highest BCUT2D eigenvalue weighted by atomic mass is 19.2. The van der Waals surface area contributed by atoms with Gasteiger partial charge in [0.15, 0.2) is 17.0 Å².